The molecule has 0 saturated carbocycles. The fourth-order valence-electron chi connectivity index (χ4n) is 1.41. The number of nitrogens with two attached hydrogens (primary N) is 1. The van der Waals surface area contributed by atoms with Gasteiger partial charge in [-0.1, -0.05) is 0 Å². The number of nitrogens with one attached hydrogen (secondary N) is 1. The molecule has 3 N–H and O–H groups in total. The number of rotatable bonds is 7. The van der Waals surface area contributed by atoms with Crippen molar-refractivity contribution in [3.05, 3.63) is 29.6 Å². The van der Waals surface area contributed by atoms with Crippen molar-refractivity contribution in [1.82, 2.24) is 5.32 Å². The number of carbonyl (C=O) groups is 2. The summed E-state index contributed by atoms with van der Waals surface area (Å²) >= 11 is 0. The van der Waals surface area contributed by atoms with E-state index in [-0.39, 0.29) is 11.3 Å². The molecule has 0 heterocycles. The van der Waals surface area contributed by atoms with Gasteiger partial charge in [0.2, 0.25) is 0 Å². The van der Waals surface area contributed by atoms with Crippen LogP contribution in [-0.2, 0) is 14.3 Å². The molecule has 0 unspecified atom stereocenters. The van der Waals surface area contributed by atoms with Crippen LogP contribution in [0.1, 0.15) is 16.8 Å². The lowest BCUT2D eigenvalue weighted by Crippen LogP contribution is -2.30. The molecule has 0 saturated heterocycles. The summed E-state index contributed by atoms with van der Waals surface area (Å²) in [5.41, 5.74) is 5.52. The molecule has 1 aromatic carbocycles. The van der Waals surface area contributed by atoms with Gasteiger partial charge in [0.25, 0.3) is 5.91 Å². The average Bonchev–Trinajstić information content (AvgIpc) is 2.43. The number of halogens is 1. The lowest BCUT2D eigenvalue weighted by molar-refractivity contribution is -0.124. The zero-order chi connectivity index (χ0) is 15.0. The highest BCUT2D eigenvalue weighted by Gasteiger charge is 2.14. The Morgan fingerprint density at radius 2 is 2.15 bits per heavy atom. The first-order chi connectivity index (χ1) is 9.54. The van der Waals surface area contributed by atoms with Gasteiger partial charge in [-0.15, -0.1) is 0 Å². The number of hydrogen-bond acceptors (Lipinski definition) is 5. The van der Waals surface area contributed by atoms with Crippen LogP contribution in [0.3, 0.4) is 0 Å². The van der Waals surface area contributed by atoms with Gasteiger partial charge in [-0.25, -0.2) is 9.18 Å². The molecule has 0 fully saturated rings. The number of benzene rings is 1. The number of ether oxygens (including phenoxy) is 2. The summed E-state index contributed by atoms with van der Waals surface area (Å²) in [6.45, 7) is 0.508. The molecule has 1 amide bonds. The van der Waals surface area contributed by atoms with Crippen molar-refractivity contribution >= 4 is 17.6 Å². The molecule has 0 bridgehead atoms. The maximum absolute atomic E-state index is 13.0. The first kappa shape index (κ1) is 15.9. The van der Waals surface area contributed by atoms with Gasteiger partial charge in [-0.2, -0.15) is 0 Å². The fourth-order valence-corrected chi connectivity index (χ4v) is 1.41. The summed E-state index contributed by atoms with van der Waals surface area (Å²) in [6.07, 6.45) is 0.660. The smallest absolute Gasteiger partial charge is 0.340 e. The van der Waals surface area contributed by atoms with E-state index in [1.165, 1.54) is 6.07 Å². The Balaban J connectivity index is 2.39. The van der Waals surface area contributed by atoms with Crippen LogP contribution >= 0.6 is 0 Å². The molecular formula is C13H17FN2O4. The minimum Gasteiger partial charge on any atom is -0.452 e. The quantitative estimate of drug-likeness (QED) is 0.437. The Bertz CT molecular complexity index is 479. The average molecular weight is 284 g/mol. The third-order valence-corrected chi connectivity index (χ3v) is 2.42. The van der Waals surface area contributed by atoms with Gasteiger partial charge in [0, 0.05) is 25.9 Å². The second-order valence-electron chi connectivity index (χ2n) is 4.00. The number of methoxy groups -OCH3 is 1. The third kappa shape index (κ3) is 5.23. The molecule has 7 heteroatoms. The van der Waals surface area contributed by atoms with Crippen molar-refractivity contribution in [3.63, 3.8) is 0 Å². The van der Waals surface area contributed by atoms with Crippen LogP contribution in [0.2, 0.25) is 0 Å². The second kappa shape index (κ2) is 8.11. The standard InChI is InChI=1S/C13H17FN2O4/c1-19-6-2-5-16-12(17)8-20-13(18)10-7-9(14)3-4-11(10)15/h3-4,7H,2,5-6,8,15H2,1H3,(H,16,17). The second-order valence-corrected chi connectivity index (χ2v) is 4.00. The number of nitrogen functional groups attached to an aromatic ring is 1. The van der Waals surface area contributed by atoms with E-state index in [2.05, 4.69) is 5.32 Å². The van der Waals surface area contributed by atoms with E-state index < -0.39 is 24.3 Å². The molecule has 0 aliphatic rings. The molecule has 0 aliphatic heterocycles. The fraction of sp³-hybridized carbons (Fsp3) is 0.385. The molecule has 0 radical (unpaired) electrons. The summed E-state index contributed by atoms with van der Waals surface area (Å²) in [5.74, 6) is -1.88. The SMILES string of the molecule is COCCCNC(=O)COC(=O)c1cc(F)ccc1N. The predicted molar refractivity (Wildman–Crippen MR) is 70.6 cm³/mol. The zero-order valence-corrected chi connectivity index (χ0v) is 11.1. The van der Waals surface area contributed by atoms with Gasteiger partial charge >= 0.3 is 5.97 Å². The summed E-state index contributed by atoms with van der Waals surface area (Å²) in [7, 11) is 1.56. The molecule has 20 heavy (non-hydrogen) atoms. The Morgan fingerprint density at radius 3 is 2.85 bits per heavy atom. The van der Waals surface area contributed by atoms with E-state index in [1.807, 2.05) is 0 Å². The van der Waals surface area contributed by atoms with Gasteiger partial charge in [0.1, 0.15) is 5.82 Å². The largest absolute Gasteiger partial charge is 0.452 e. The Hall–Kier alpha value is -2.15. The summed E-state index contributed by atoms with van der Waals surface area (Å²) in [4.78, 5) is 23.0. The van der Waals surface area contributed by atoms with E-state index in [4.69, 9.17) is 15.2 Å². The summed E-state index contributed by atoms with van der Waals surface area (Å²) in [6, 6.07) is 3.36. The van der Waals surface area contributed by atoms with Gasteiger partial charge < -0.3 is 20.5 Å². The Morgan fingerprint density at radius 1 is 1.40 bits per heavy atom. The van der Waals surface area contributed by atoms with Gasteiger partial charge in [0.05, 0.1) is 5.56 Å². The highest BCUT2D eigenvalue weighted by Crippen LogP contribution is 2.14. The Kier molecular flexibility index (Phi) is 6.45. The maximum Gasteiger partial charge on any atom is 0.340 e. The van der Waals surface area contributed by atoms with Crippen molar-refractivity contribution in [1.29, 1.82) is 0 Å². The van der Waals surface area contributed by atoms with Crippen molar-refractivity contribution in [2.75, 3.05) is 32.6 Å². The highest BCUT2D eigenvalue weighted by atomic mass is 19.1. The van der Waals surface area contributed by atoms with Crippen molar-refractivity contribution in [2.45, 2.75) is 6.42 Å². The van der Waals surface area contributed by atoms with Crippen LogP contribution in [0.15, 0.2) is 18.2 Å². The molecule has 0 aromatic heterocycles. The van der Waals surface area contributed by atoms with Gasteiger partial charge in [-0.05, 0) is 24.6 Å². The van der Waals surface area contributed by atoms with Crippen LogP contribution in [-0.4, -0.2) is 38.7 Å². The Labute approximate surface area is 116 Å². The molecule has 0 spiro atoms. The number of hydrogen-bond donors (Lipinski definition) is 2. The first-order valence-electron chi connectivity index (χ1n) is 6.02. The molecular weight excluding hydrogens is 267 g/mol. The first-order valence-corrected chi connectivity index (χ1v) is 6.02. The van der Waals surface area contributed by atoms with Crippen LogP contribution in [0.25, 0.3) is 0 Å². The van der Waals surface area contributed by atoms with E-state index in [0.717, 1.165) is 12.1 Å². The van der Waals surface area contributed by atoms with Crippen LogP contribution < -0.4 is 11.1 Å². The summed E-state index contributed by atoms with van der Waals surface area (Å²) in [5, 5.41) is 2.55. The summed E-state index contributed by atoms with van der Waals surface area (Å²) < 4.78 is 22.6. The van der Waals surface area contributed by atoms with E-state index in [1.54, 1.807) is 7.11 Å². The number of amides is 1. The molecule has 0 atom stereocenters. The molecule has 110 valence electrons. The van der Waals surface area contributed by atoms with Crippen molar-refractivity contribution in [2.24, 2.45) is 0 Å². The number of anilines is 1. The van der Waals surface area contributed by atoms with Crippen molar-refractivity contribution < 1.29 is 23.5 Å². The van der Waals surface area contributed by atoms with Crippen molar-refractivity contribution in [3.8, 4) is 0 Å². The van der Waals surface area contributed by atoms with E-state index in [0.29, 0.717) is 19.6 Å². The highest BCUT2D eigenvalue weighted by molar-refractivity contribution is 5.96. The van der Waals surface area contributed by atoms with Crippen LogP contribution in [0.5, 0.6) is 0 Å². The normalized spacial score (nSPS) is 10.1. The minimum atomic E-state index is -0.839. The lowest BCUT2D eigenvalue weighted by Gasteiger charge is -2.08. The van der Waals surface area contributed by atoms with Crippen LogP contribution in [0.4, 0.5) is 10.1 Å². The monoisotopic (exact) mass is 284 g/mol. The lowest BCUT2D eigenvalue weighted by atomic mass is 10.2. The van der Waals surface area contributed by atoms with Gasteiger partial charge in [0.15, 0.2) is 6.61 Å². The predicted octanol–water partition coefficient (Wildman–Crippen LogP) is 0.717. The molecule has 1 rings (SSSR count). The minimum absolute atomic E-state index is 0.0944. The molecule has 6 nitrogen and oxygen atoms in total. The van der Waals surface area contributed by atoms with E-state index >= 15 is 0 Å². The van der Waals surface area contributed by atoms with Gasteiger partial charge in [-0.3, -0.25) is 4.79 Å². The molecule has 1 aromatic rings. The third-order valence-electron chi connectivity index (χ3n) is 2.42. The zero-order valence-electron chi connectivity index (χ0n) is 11.1. The van der Waals surface area contributed by atoms with Crippen LogP contribution in [0, 0.1) is 5.82 Å². The topological polar surface area (TPSA) is 90.6 Å². The van der Waals surface area contributed by atoms with E-state index in [9.17, 15) is 14.0 Å². The molecule has 0 aliphatic carbocycles. The number of carbonyl (C=O) groups excluding carboxylic acids is 2. The number of esters is 1. The maximum atomic E-state index is 13.0.